The molecule has 1 aromatic carbocycles. The number of benzene rings is 1. The van der Waals surface area contributed by atoms with Crippen molar-refractivity contribution >= 4 is 46.2 Å². The number of nitrogens with one attached hydrogen (secondary N) is 3. The number of likely N-dealkylation sites (tertiary alicyclic amines) is 1. The zero-order valence-corrected chi connectivity index (χ0v) is 24.7. The van der Waals surface area contributed by atoms with Gasteiger partial charge in [-0.2, -0.15) is 15.2 Å². The number of nitriles is 1. The summed E-state index contributed by atoms with van der Waals surface area (Å²) in [5, 5.41) is 17.1. The van der Waals surface area contributed by atoms with Crippen molar-refractivity contribution in [3.05, 3.63) is 36.0 Å². The molecule has 2 aromatic heterocycles. The van der Waals surface area contributed by atoms with Gasteiger partial charge in [-0.1, -0.05) is 0 Å². The van der Waals surface area contributed by atoms with E-state index in [1.807, 2.05) is 37.8 Å². The van der Waals surface area contributed by atoms with E-state index in [2.05, 4.69) is 43.7 Å². The molecule has 2 aliphatic rings. The van der Waals surface area contributed by atoms with Gasteiger partial charge in [0.2, 0.25) is 11.9 Å². The molecule has 42 heavy (non-hydrogen) atoms. The minimum atomic E-state index is -0.510. The SMILES string of the molecule is CC(=O)N1CCN(c2ccc(Nc3nc(NCC4CCN(C(=O)OC(C)(C)C)CC4)c4c(C#N)c[nH]c4n3)cc2)CC1. The fraction of sp³-hybridized carbons (Fsp3) is 0.500. The Morgan fingerprint density at radius 3 is 2.36 bits per heavy atom. The van der Waals surface area contributed by atoms with Crippen molar-refractivity contribution in [2.75, 3.05) is 61.3 Å². The Morgan fingerprint density at radius 2 is 1.74 bits per heavy atom. The molecule has 3 N–H and O–H groups in total. The minimum Gasteiger partial charge on any atom is -0.444 e. The maximum Gasteiger partial charge on any atom is 0.410 e. The lowest BCUT2D eigenvalue weighted by atomic mass is 9.97. The Morgan fingerprint density at radius 1 is 1.05 bits per heavy atom. The smallest absolute Gasteiger partial charge is 0.410 e. The van der Waals surface area contributed by atoms with Gasteiger partial charge in [0.15, 0.2) is 0 Å². The number of amides is 2. The number of carbonyl (C=O) groups is 2. The molecule has 3 aromatic rings. The number of hydrogen-bond acceptors (Lipinski definition) is 9. The van der Waals surface area contributed by atoms with Crippen LogP contribution in [0.2, 0.25) is 0 Å². The maximum absolute atomic E-state index is 12.4. The number of hydrogen-bond donors (Lipinski definition) is 3. The van der Waals surface area contributed by atoms with Crippen LogP contribution in [0, 0.1) is 17.2 Å². The largest absolute Gasteiger partial charge is 0.444 e. The highest BCUT2D eigenvalue weighted by molar-refractivity contribution is 5.93. The molecule has 0 bridgehead atoms. The third-order valence-corrected chi connectivity index (χ3v) is 7.69. The summed E-state index contributed by atoms with van der Waals surface area (Å²) in [6.07, 6.45) is 3.07. The molecule has 0 atom stereocenters. The number of anilines is 4. The van der Waals surface area contributed by atoms with Gasteiger partial charge in [0.05, 0.1) is 10.9 Å². The van der Waals surface area contributed by atoms with Crippen molar-refractivity contribution < 1.29 is 14.3 Å². The van der Waals surface area contributed by atoms with E-state index in [-0.39, 0.29) is 12.0 Å². The fourth-order valence-electron chi connectivity index (χ4n) is 5.36. The standard InChI is InChI=1S/C30H39N9O3/c1-20(40)37-13-15-38(16-14-37)24-7-5-23(6-8-24)34-28-35-26(25-22(17-31)19-33-27(25)36-28)32-18-21-9-11-39(12-10-21)29(41)42-30(2,3)4/h5-8,19,21H,9-16,18H2,1-4H3,(H3,32,33,34,35,36). The summed E-state index contributed by atoms with van der Waals surface area (Å²) in [5.41, 5.74) is 2.49. The first-order valence-corrected chi connectivity index (χ1v) is 14.5. The first-order valence-electron chi connectivity index (χ1n) is 14.5. The van der Waals surface area contributed by atoms with E-state index in [0.717, 1.165) is 50.4 Å². The van der Waals surface area contributed by atoms with Crippen LogP contribution < -0.4 is 15.5 Å². The molecule has 0 aliphatic carbocycles. The van der Waals surface area contributed by atoms with Crippen LogP contribution in [-0.4, -0.2) is 88.2 Å². The molecule has 0 saturated carbocycles. The zero-order chi connectivity index (χ0) is 29.9. The molecular formula is C30H39N9O3. The minimum absolute atomic E-state index is 0.118. The maximum atomic E-state index is 12.4. The Labute approximate surface area is 246 Å². The van der Waals surface area contributed by atoms with Crippen molar-refractivity contribution in [3.8, 4) is 6.07 Å². The Hall–Kier alpha value is -4.53. The summed E-state index contributed by atoms with van der Waals surface area (Å²) in [4.78, 5) is 42.4. The van der Waals surface area contributed by atoms with Gasteiger partial charge >= 0.3 is 6.09 Å². The summed E-state index contributed by atoms with van der Waals surface area (Å²) in [6, 6.07) is 10.3. The summed E-state index contributed by atoms with van der Waals surface area (Å²) in [6.45, 7) is 12.2. The van der Waals surface area contributed by atoms with E-state index >= 15 is 0 Å². The predicted octanol–water partition coefficient (Wildman–Crippen LogP) is 4.30. The molecule has 222 valence electrons. The highest BCUT2D eigenvalue weighted by Crippen LogP contribution is 2.28. The van der Waals surface area contributed by atoms with Crippen molar-refractivity contribution in [1.29, 1.82) is 5.26 Å². The van der Waals surface area contributed by atoms with Crippen LogP contribution in [0.1, 0.15) is 46.1 Å². The van der Waals surface area contributed by atoms with Crippen molar-refractivity contribution in [1.82, 2.24) is 24.8 Å². The van der Waals surface area contributed by atoms with Crippen LogP contribution >= 0.6 is 0 Å². The number of aromatic nitrogens is 3. The molecule has 2 saturated heterocycles. The number of H-pyrrole nitrogens is 1. The Balaban J connectivity index is 1.23. The molecule has 2 aliphatic heterocycles. The molecule has 4 heterocycles. The van der Waals surface area contributed by atoms with Crippen LogP contribution in [0.4, 0.5) is 27.9 Å². The average molecular weight is 574 g/mol. The third-order valence-electron chi connectivity index (χ3n) is 7.69. The van der Waals surface area contributed by atoms with E-state index in [0.29, 0.717) is 53.9 Å². The molecule has 12 nitrogen and oxygen atoms in total. The first-order chi connectivity index (χ1) is 20.1. The number of rotatable bonds is 6. The third kappa shape index (κ3) is 6.84. The monoisotopic (exact) mass is 573 g/mol. The second-order valence-corrected chi connectivity index (χ2v) is 11.9. The van der Waals surface area contributed by atoms with Gasteiger partial charge in [0, 0.05) is 70.3 Å². The second kappa shape index (κ2) is 12.1. The van der Waals surface area contributed by atoms with Gasteiger partial charge in [-0.3, -0.25) is 4.79 Å². The van der Waals surface area contributed by atoms with Gasteiger partial charge < -0.3 is 35.1 Å². The highest BCUT2D eigenvalue weighted by Gasteiger charge is 2.27. The molecule has 2 fully saturated rings. The quantitative estimate of drug-likeness (QED) is 0.393. The van der Waals surface area contributed by atoms with Gasteiger partial charge in [-0.25, -0.2) is 4.79 Å². The van der Waals surface area contributed by atoms with Crippen molar-refractivity contribution in [2.24, 2.45) is 5.92 Å². The Bertz CT molecular complexity index is 1460. The van der Waals surface area contributed by atoms with Gasteiger partial charge in [0.25, 0.3) is 0 Å². The van der Waals surface area contributed by atoms with E-state index < -0.39 is 5.60 Å². The number of nitrogens with zero attached hydrogens (tertiary/aromatic N) is 6. The lowest BCUT2D eigenvalue weighted by Gasteiger charge is -2.35. The lowest BCUT2D eigenvalue weighted by Crippen LogP contribution is -2.48. The Kier molecular flexibility index (Phi) is 8.38. The van der Waals surface area contributed by atoms with E-state index in [1.165, 1.54) is 0 Å². The summed E-state index contributed by atoms with van der Waals surface area (Å²) < 4.78 is 5.52. The number of piperazine rings is 1. The van der Waals surface area contributed by atoms with E-state index in [4.69, 9.17) is 9.72 Å². The summed E-state index contributed by atoms with van der Waals surface area (Å²) in [5.74, 6) is 1.47. The van der Waals surface area contributed by atoms with Crippen molar-refractivity contribution in [3.63, 3.8) is 0 Å². The van der Waals surface area contributed by atoms with Gasteiger partial charge in [0.1, 0.15) is 23.1 Å². The lowest BCUT2D eigenvalue weighted by molar-refractivity contribution is -0.129. The van der Waals surface area contributed by atoms with Gasteiger partial charge in [-0.15, -0.1) is 0 Å². The summed E-state index contributed by atoms with van der Waals surface area (Å²) >= 11 is 0. The number of ether oxygens (including phenoxy) is 1. The molecule has 12 heteroatoms. The average Bonchev–Trinajstić information content (AvgIpc) is 3.39. The van der Waals surface area contributed by atoms with E-state index in [1.54, 1.807) is 18.0 Å². The molecule has 0 spiro atoms. The summed E-state index contributed by atoms with van der Waals surface area (Å²) in [7, 11) is 0. The molecule has 0 unspecified atom stereocenters. The second-order valence-electron chi connectivity index (χ2n) is 11.9. The van der Waals surface area contributed by atoms with Crippen molar-refractivity contribution in [2.45, 2.75) is 46.1 Å². The topological polar surface area (TPSA) is 143 Å². The number of aromatic amines is 1. The number of fused-ring (bicyclic) bond motifs is 1. The van der Waals surface area contributed by atoms with E-state index in [9.17, 15) is 14.9 Å². The molecule has 0 radical (unpaired) electrons. The van der Waals surface area contributed by atoms with Crippen LogP contribution in [0.25, 0.3) is 11.0 Å². The highest BCUT2D eigenvalue weighted by atomic mass is 16.6. The number of carbonyl (C=O) groups excluding carboxylic acids is 2. The zero-order valence-electron chi connectivity index (χ0n) is 24.7. The number of piperidine rings is 1. The normalized spacial score (nSPS) is 16.3. The fourth-order valence-corrected chi connectivity index (χ4v) is 5.36. The van der Waals surface area contributed by atoms with Gasteiger partial charge in [-0.05, 0) is 63.8 Å². The van der Waals surface area contributed by atoms with Crippen LogP contribution in [-0.2, 0) is 9.53 Å². The predicted molar refractivity (Wildman–Crippen MR) is 162 cm³/mol. The van der Waals surface area contributed by atoms with Crippen LogP contribution in [0.3, 0.4) is 0 Å². The van der Waals surface area contributed by atoms with Crippen LogP contribution in [0.5, 0.6) is 0 Å². The first kappa shape index (κ1) is 29.0. The molecular weight excluding hydrogens is 534 g/mol. The van der Waals surface area contributed by atoms with Crippen LogP contribution in [0.15, 0.2) is 30.5 Å². The molecule has 5 rings (SSSR count). The molecule has 2 amide bonds.